The van der Waals surface area contributed by atoms with E-state index in [2.05, 4.69) is 5.32 Å². The van der Waals surface area contributed by atoms with Crippen LogP contribution < -0.4 is 14.4 Å². The van der Waals surface area contributed by atoms with E-state index in [0.29, 0.717) is 28.6 Å². The first-order valence-corrected chi connectivity index (χ1v) is 17.0. The largest absolute Gasteiger partial charge is 0.495 e. The highest BCUT2D eigenvalue weighted by Crippen LogP contribution is 2.33. The van der Waals surface area contributed by atoms with Crippen LogP contribution in [0.25, 0.3) is 0 Å². The maximum absolute atomic E-state index is 14.6. The van der Waals surface area contributed by atoms with Gasteiger partial charge in [0.05, 0.1) is 27.7 Å². The van der Waals surface area contributed by atoms with Crippen LogP contribution in [0.3, 0.4) is 0 Å². The third-order valence-electron chi connectivity index (χ3n) is 7.40. The Labute approximate surface area is 280 Å². The maximum Gasteiger partial charge on any atom is 0.264 e. The van der Waals surface area contributed by atoms with Crippen LogP contribution >= 0.6 is 23.2 Å². The number of hydrogen-bond acceptors (Lipinski definition) is 5. The minimum absolute atomic E-state index is 0.00867. The molecule has 0 fully saturated rings. The van der Waals surface area contributed by atoms with Crippen molar-refractivity contribution in [2.24, 2.45) is 0 Å². The normalized spacial score (nSPS) is 11.8. The molecule has 0 aliphatic carbocycles. The second-order valence-corrected chi connectivity index (χ2v) is 13.4. The quantitative estimate of drug-likeness (QED) is 0.160. The van der Waals surface area contributed by atoms with Crippen molar-refractivity contribution < 1.29 is 22.7 Å². The van der Waals surface area contributed by atoms with Gasteiger partial charge in [-0.25, -0.2) is 8.42 Å². The van der Waals surface area contributed by atoms with Crippen molar-refractivity contribution in [3.05, 3.63) is 124 Å². The van der Waals surface area contributed by atoms with Gasteiger partial charge in [0, 0.05) is 19.5 Å². The molecule has 1 atom stereocenters. The summed E-state index contributed by atoms with van der Waals surface area (Å²) < 4.78 is 35.0. The Morgan fingerprint density at radius 3 is 2.20 bits per heavy atom. The minimum Gasteiger partial charge on any atom is -0.495 e. The van der Waals surface area contributed by atoms with Crippen molar-refractivity contribution in [1.82, 2.24) is 10.2 Å². The molecule has 0 saturated carbocycles. The summed E-state index contributed by atoms with van der Waals surface area (Å²) in [6, 6.07) is 26.3. The van der Waals surface area contributed by atoms with E-state index in [1.165, 1.54) is 24.1 Å². The highest BCUT2D eigenvalue weighted by atomic mass is 35.5. The number of nitrogens with one attached hydrogen (secondary N) is 1. The van der Waals surface area contributed by atoms with E-state index < -0.39 is 28.5 Å². The number of para-hydroxylation sites is 2. The predicted molar refractivity (Wildman–Crippen MR) is 183 cm³/mol. The van der Waals surface area contributed by atoms with Gasteiger partial charge in [0.1, 0.15) is 18.3 Å². The van der Waals surface area contributed by atoms with Gasteiger partial charge in [-0.1, -0.05) is 96.4 Å². The second kappa shape index (κ2) is 16.0. The van der Waals surface area contributed by atoms with Crippen molar-refractivity contribution in [3.63, 3.8) is 0 Å². The summed E-state index contributed by atoms with van der Waals surface area (Å²) in [7, 11) is -2.84. The first kappa shape index (κ1) is 34.8. The Morgan fingerprint density at radius 1 is 0.870 bits per heavy atom. The summed E-state index contributed by atoms with van der Waals surface area (Å²) in [6.07, 6.45) is 0.893. The maximum atomic E-state index is 14.6. The third-order valence-corrected chi connectivity index (χ3v) is 9.91. The number of amides is 2. The van der Waals surface area contributed by atoms with Crippen LogP contribution in [-0.2, 0) is 32.6 Å². The lowest BCUT2D eigenvalue weighted by molar-refractivity contribution is -0.140. The van der Waals surface area contributed by atoms with Crippen LogP contribution in [0.2, 0.25) is 10.0 Å². The molecule has 4 aromatic carbocycles. The summed E-state index contributed by atoms with van der Waals surface area (Å²) in [5.41, 5.74) is 2.52. The smallest absolute Gasteiger partial charge is 0.264 e. The van der Waals surface area contributed by atoms with Crippen molar-refractivity contribution >= 4 is 50.7 Å². The standard InChI is InChI=1S/C35H37Cl2N3O5S/c1-4-20-38-35(42)32(22-26-10-6-5-7-11-26)39(23-27-16-19-29(36)30(37)21-27)34(41)24-40(31-12-8-9-13-33(31)45-3)46(43,44)28-17-14-25(2)15-18-28/h5-19,21,32H,4,20,22-24H2,1-3H3,(H,38,42)/t32-/m1/s1. The summed E-state index contributed by atoms with van der Waals surface area (Å²) in [5, 5.41) is 3.56. The number of sulfonamides is 1. The number of aryl methyl sites for hydroxylation is 1. The van der Waals surface area contributed by atoms with Crippen molar-refractivity contribution in [2.45, 2.75) is 44.2 Å². The number of methoxy groups -OCH3 is 1. The second-order valence-electron chi connectivity index (χ2n) is 10.8. The van der Waals surface area contributed by atoms with Crippen molar-refractivity contribution in [3.8, 4) is 5.75 Å². The Kier molecular flexibility index (Phi) is 12.1. The molecule has 2 amide bonds. The molecule has 0 aliphatic heterocycles. The highest BCUT2D eigenvalue weighted by molar-refractivity contribution is 7.92. The minimum atomic E-state index is -4.27. The molecule has 1 N–H and O–H groups in total. The van der Waals surface area contributed by atoms with Crippen LogP contribution in [0.4, 0.5) is 5.69 Å². The fourth-order valence-electron chi connectivity index (χ4n) is 4.94. The number of hydrogen-bond donors (Lipinski definition) is 1. The first-order chi connectivity index (χ1) is 22.0. The first-order valence-electron chi connectivity index (χ1n) is 14.8. The number of nitrogens with zero attached hydrogens (tertiary/aromatic N) is 2. The molecule has 0 spiro atoms. The van der Waals surface area contributed by atoms with Gasteiger partial charge in [-0.05, 0) is 60.9 Å². The number of carbonyl (C=O) groups is 2. The number of ether oxygens (including phenoxy) is 1. The van der Waals surface area contributed by atoms with Crippen molar-refractivity contribution in [1.29, 1.82) is 0 Å². The number of carbonyl (C=O) groups excluding carboxylic acids is 2. The van der Waals surface area contributed by atoms with Crippen LogP contribution in [0.15, 0.2) is 102 Å². The van der Waals surface area contributed by atoms with E-state index >= 15 is 0 Å². The lowest BCUT2D eigenvalue weighted by atomic mass is 10.0. The Morgan fingerprint density at radius 2 is 1.54 bits per heavy atom. The zero-order valence-electron chi connectivity index (χ0n) is 26.0. The zero-order valence-corrected chi connectivity index (χ0v) is 28.3. The summed E-state index contributed by atoms with van der Waals surface area (Å²) in [5.74, 6) is -0.687. The lowest BCUT2D eigenvalue weighted by Gasteiger charge is -2.34. The fourth-order valence-corrected chi connectivity index (χ4v) is 6.69. The van der Waals surface area contributed by atoms with E-state index in [0.717, 1.165) is 15.4 Å². The van der Waals surface area contributed by atoms with Gasteiger partial charge in [0.15, 0.2) is 0 Å². The van der Waals surface area contributed by atoms with E-state index in [9.17, 15) is 18.0 Å². The summed E-state index contributed by atoms with van der Waals surface area (Å²) in [6.45, 7) is 3.57. The number of benzene rings is 4. The van der Waals surface area contributed by atoms with E-state index in [4.69, 9.17) is 27.9 Å². The fraction of sp³-hybridized carbons (Fsp3) is 0.257. The van der Waals surface area contributed by atoms with E-state index in [1.54, 1.807) is 54.6 Å². The van der Waals surface area contributed by atoms with E-state index in [1.807, 2.05) is 44.2 Å². The lowest BCUT2D eigenvalue weighted by Crippen LogP contribution is -2.53. The summed E-state index contributed by atoms with van der Waals surface area (Å²) >= 11 is 12.5. The van der Waals surface area contributed by atoms with E-state index in [-0.39, 0.29) is 35.2 Å². The molecule has 0 radical (unpaired) electrons. The molecular formula is C35H37Cl2N3O5S. The molecule has 242 valence electrons. The molecular weight excluding hydrogens is 645 g/mol. The molecule has 8 nitrogen and oxygen atoms in total. The monoisotopic (exact) mass is 681 g/mol. The van der Waals surface area contributed by atoms with Gasteiger partial charge in [-0.15, -0.1) is 0 Å². The Balaban J connectivity index is 1.83. The molecule has 0 saturated heterocycles. The molecule has 4 aromatic rings. The van der Waals surface area contributed by atoms with Gasteiger partial charge in [-0.3, -0.25) is 13.9 Å². The Bertz CT molecular complexity index is 1750. The summed E-state index contributed by atoms with van der Waals surface area (Å²) in [4.78, 5) is 29.7. The molecule has 0 bridgehead atoms. The molecule has 0 aromatic heterocycles. The Hall–Kier alpha value is -4.05. The van der Waals surface area contributed by atoms with Crippen LogP contribution in [0.5, 0.6) is 5.75 Å². The molecule has 0 unspecified atom stereocenters. The van der Waals surface area contributed by atoms with Crippen molar-refractivity contribution in [2.75, 3.05) is 24.5 Å². The van der Waals surface area contributed by atoms with Gasteiger partial charge in [-0.2, -0.15) is 0 Å². The van der Waals surface area contributed by atoms with Gasteiger partial charge in [0.25, 0.3) is 10.0 Å². The number of halogens is 2. The molecule has 46 heavy (non-hydrogen) atoms. The molecule has 0 heterocycles. The molecule has 11 heteroatoms. The topological polar surface area (TPSA) is 96.0 Å². The van der Waals surface area contributed by atoms with Crippen LogP contribution in [-0.4, -0.2) is 51.4 Å². The number of anilines is 1. The highest BCUT2D eigenvalue weighted by Gasteiger charge is 2.35. The average molecular weight is 683 g/mol. The van der Waals surface area contributed by atoms with Gasteiger partial charge in [0.2, 0.25) is 11.8 Å². The van der Waals surface area contributed by atoms with Gasteiger partial charge >= 0.3 is 0 Å². The van der Waals surface area contributed by atoms with Crippen LogP contribution in [0.1, 0.15) is 30.0 Å². The SMILES string of the molecule is CCCNC(=O)[C@@H](Cc1ccccc1)N(Cc1ccc(Cl)c(Cl)c1)C(=O)CN(c1ccccc1OC)S(=O)(=O)c1ccc(C)cc1. The van der Waals surface area contributed by atoms with Crippen LogP contribution in [0, 0.1) is 6.92 Å². The van der Waals surface area contributed by atoms with Gasteiger partial charge < -0.3 is 15.0 Å². The molecule has 4 rings (SSSR count). The molecule has 0 aliphatic rings. The predicted octanol–water partition coefficient (Wildman–Crippen LogP) is 6.67. The zero-order chi connectivity index (χ0) is 33.3. The number of rotatable bonds is 14. The third kappa shape index (κ3) is 8.60. The average Bonchev–Trinajstić information content (AvgIpc) is 3.06.